The summed E-state index contributed by atoms with van der Waals surface area (Å²) in [6.45, 7) is 0. The van der Waals surface area contributed by atoms with Crippen LogP contribution in [0.25, 0.3) is 32.8 Å². The highest BCUT2D eigenvalue weighted by Crippen LogP contribution is 2.34. The summed E-state index contributed by atoms with van der Waals surface area (Å²) in [6.07, 6.45) is 0. The predicted molar refractivity (Wildman–Crippen MR) is 105 cm³/mol. The lowest BCUT2D eigenvalue weighted by Crippen LogP contribution is -2.03. The number of methoxy groups -OCH3 is 1. The van der Waals surface area contributed by atoms with E-state index in [0.29, 0.717) is 31.9 Å². The SMILES string of the molecule is COc1cccc2cc(-c3nc(-c4ccc(Cl)cc4Cl)cs3)c(=N)oc12. The molecule has 130 valence electrons. The van der Waals surface area contributed by atoms with Crippen molar-refractivity contribution >= 4 is 45.5 Å². The Morgan fingerprint density at radius 3 is 2.73 bits per heavy atom. The smallest absolute Gasteiger partial charge is 0.222 e. The Morgan fingerprint density at radius 1 is 1.12 bits per heavy atom. The molecule has 0 fully saturated rings. The van der Waals surface area contributed by atoms with Crippen molar-refractivity contribution in [3.63, 3.8) is 0 Å². The fraction of sp³-hybridized carbons (Fsp3) is 0.0526. The van der Waals surface area contributed by atoms with Crippen LogP contribution in [0.15, 0.2) is 52.3 Å². The summed E-state index contributed by atoms with van der Waals surface area (Å²) in [4.78, 5) is 4.63. The molecule has 0 aliphatic heterocycles. The Labute approximate surface area is 163 Å². The monoisotopic (exact) mass is 402 g/mol. The molecule has 0 saturated carbocycles. The first kappa shape index (κ1) is 17.1. The van der Waals surface area contributed by atoms with E-state index in [4.69, 9.17) is 37.8 Å². The van der Waals surface area contributed by atoms with E-state index in [1.165, 1.54) is 11.3 Å². The van der Waals surface area contributed by atoms with Gasteiger partial charge >= 0.3 is 0 Å². The van der Waals surface area contributed by atoms with Crippen LogP contribution in [0, 0.1) is 5.41 Å². The van der Waals surface area contributed by atoms with E-state index in [1.807, 2.05) is 29.6 Å². The summed E-state index contributed by atoms with van der Waals surface area (Å²) in [5, 5.41) is 12.8. The number of halogens is 2. The van der Waals surface area contributed by atoms with E-state index in [1.54, 1.807) is 25.3 Å². The molecular weight excluding hydrogens is 391 g/mol. The molecule has 0 amide bonds. The molecule has 4 aromatic rings. The molecule has 4 nitrogen and oxygen atoms in total. The van der Waals surface area contributed by atoms with Crippen molar-refractivity contribution in [2.45, 2.75) is 0 Å². The third-order valence-corrected chi connectivity index (χ3v) is 5.34. The van der Waals surface area contributed by atoms with Crippen LogP contribution in [-0.2, 0) is 0 Å². The maximum absolute atomic E-state index is 8.25. The highest BCUT2D eigenvalue weighted by atomic mass is 35.5. The van der Waals surface area contributed by atoms with Crippen LogP contribution < -0.4 is 10.3 Å². The van der Waals surface area contributed by atoms with Crippen molar-refractivity contribution in [3.05, 3.63) is 63.4 Å². The molecule has 2 heterocycles. The molecule has 0 spiro atoms. The third-order valence-electron chi connectivity index (χ3n) is 3.92. The van der Waals surface area contributed by atoms with E-state index in [0.717, 1.165) is 16.6 Å². The molecule has 0 bridgehead atoms. The van der Waals surface area contributed by atoms with Gasteiger partial charge in [-0.1, -0.05) is 35.3 Å². The summed E-state index contributed by atoms with van der Waals surface area (Å²) in [6, 6.07) is 12.8. The molecule has 26 heavy (non-hydrogen) atoms. The number of ether oxygens (including phenoxy) is 1. The minimum absolute atomic E-state index is 0.0325. The zero-order chi connectivity index (χ0) is 18.3. The number of para-hydroxylation sites is 1. The van der Waals surface area contributed by atoms with Crippen molar-refractivity contribution in [1.29, 1.82) is 5.41 Å². The summed E-state index contributed by atoms with van der Waals surface area (Å²) in [7, 11) is 1.57. The second kappa shape index (κ2) is 6.76. The number of benzene rings is 2. The number of nitrogens with one attached hydrogen (secondary N) is 1. The van der Waals surface area contributed by atoms with Crippen molar-refractivity contribution < 1.29 is 9.15 Å². The Kier molecular flexibility index (Phi) is 4.44. The van der Waals surface area contributed by atoms with Gasteiger partial charge in [-0.15, -0.1) is 11.3 Å². The van der Waals surface area contributed by atoms with Crippen LogP contribution in [-0.4, -0.2) is 12.1 Å². The summed E-state index contributed by atoms with van der Waals surface area (Å²) in [5.74, 6) is 0.593. The lowest BCUT2D eigenvalue weighted by atomic mass is 10.1. The molecule has 7 heteroatoms. The van der Waals surface area contributed by atoms with Gasteiger partial charge in [0, 0.05) is 21.4 Å². The molecule has 0 aliphatic carbocycles. The zero-order valence-electron chi connectivity index (χ0n) is 13.5. The molecule has 4 rings (SSSR count). The fourth-order valence-corrected chi connectivity index (χ4v) is 4.01. The zero-order valence-corrected chi connectivity index (χ0v) is 15.9. The number of fused-ring (bicyclic) bond motifs is 1. The number of rotatable bonds is 3. The number of thiazole rings is 1. The largest absolute Gasteiger partial charge is 0.493 e. The molecule has 1 N–H and O–H groups in total. The topological polar surface area (TPSA) is 59.1 Å². The average molecular weight is 403 g/mol. The molecule has 0 aliphatic rings. The van der Waals surface area contributed by atoms with Crippen LogP contribution in [0.5, 0.6) is 5.75 Å². The normalized spacial score (nSPS) is 11.0. The van der Waals surface area contributed by atoms with Gasteiger partial charge in [0.15, 0.2) is 11.3 Å². The maximum atomic E-state index is 8.25. The van der Waals surface area contributed by atoms with Crippen LogP contribution in [0.1, 0.15) is 0 Å². The van der Waals surface area contributed by atoms with Gasteiger partial charge in [0.25, 0.3) is 0 Å². The first-order chi connectivity index (χ1) is 12.6. The van der Waals surface area contributed by atoms with Crippen molar-refractivity contribution in [2.75, 3.05) is 7.11 Å². The number of nitrogens with zero attached hydrogens (tertiary/aromatic N) is 1. The Morgan fingerprint density at radius 2 is 1.96 bits per heavy atom. The van der Waals surface area contributed by atoms with Gasteiger partial charge < -0.3 is 9.15 Å². The van der Waals surface area contributed by atoms with E-state index >= 15 is 0 Å². The highest BCUT2D eigenvalue weighted by molar-refractivity contribution is 7.13. The lowest BCUT2D eigenvalue weighted by Gasteiger charge is -2.05. The highest BCUT2D eigenvalue weighted by Gasteiger charge is 2.14. The van der Waals surface area contributed by atoms with Crippen LogP contribution in [0.3, 0.4) is 0 Å². The Hall–Kier alpha value is -2.34. The summed E-state index contributed by atoms with van der Waals surface area (Å²) in [5.41, 5.74) is 2.72. The minimum atomic E-state index is 0.0325. The average Bonchev–Trinajstić information content (AvgIpc) is 3.10. The summed E-state index contributed by atoms with van der Waals surface area (Å²) < 4.78 is 11.0. The van der Waals surface area contributed by atoms with Crippen LogP contribution in [0.2, 0.25) is 10.0 Å². The summed E-state index contributed by atoms with van der Waals surface area (Å²) >= 11 is 13.7. The van der Waals surface area contributed by atoms with Crippen molar-refractivity contribution in [3.8, 4) is 27.6 Å². The van der Waals surface area contributed by atoms with Crippen molar-refractivity contribution in [1.82, 2.24) is 4.98 Å². The molecular formula is C19H12Cl2N2O2S. The second-order valence-corrected chi connectivity index (χ2v) is 7.23. The lowest BCUT2D eigenvalue weighted by molar-refractivity contribution is 0.405. The van der Waals surface area contributed by atoms with E-state index in [2.05, 4.69) is 4.98 Å². The quantitative estimate of drug-likeness (QED) is 0.455. The van der Waals surface area contributed by atoms with E-state index in [9.17, 15) is 0 Å². The van der Waals surface area contributed by atoms with Gasteiger partial charge in [0.2, 0.25) is 5.55 Å². The fourth-order valence-electron chi connectivity index (χ4n) is 2.67. The van der Waals surface area contributed by atoms with Gasteiger partial charge in [-0.25, -0.2) is 4.98 Å². The third kappa shape index (κ3) is 2.98. The molecule has 0 radical (unpaired) electrons. The van der Waals surface area contributed by atoms with E-state index in [-0.39, 0.29) is 5.55 Å². The van der Waals surface area contributed by atoms with E-state index < -0.39 is 0 Å². The van der Waals surface area contributed by atoms with Crippen molar-refractivity contribution in [2.24, 2.45) is 0 Å². The minimum Gasteiger partial charge on any atom is -0.493 e. The second-order valence-electron chi connectivity index (χ2n) is 5.53. The maximum Gasteiger partial charge on any atom is 0.222 e. The number of aromatic nitrogens is 1. The molecule has 0 atom stereocenters. The van der Waals surface area contributed by atoms with Gasteiger partial charge in [0.1, 0.15) is 5.01 Å². The Balaban J connectivity index is 1.83. The molecule has 2 aromatic carbocycles. The molecule has 0 saturated heterocycles. The van der Waals surface area contributed by atoms with Gasteiger partial charge in [-0.05, 0) is 30.3 Å². The number of hydrogen-bond donors (Lipinski definition) is 1. The standard InChI is InChI=1S/C19H12Cl2N2O2S/c1-24-16-4-2-3-10-7-13(18(22)25-17(10)16)19-23-15(9-26-19)12-6-5-11(20)8-14(12)21/h2-9,22H,1H3. The molecule has 0 unspecified atom stereocenters. The first-order valence-corrected chi connectivity index (χ1v) is 9.27. The van der Waals surface area contributed by atoms with Gasteiger partial charge in [-0.3, -0.25) is 5.41 Å². The predicted octanol–water partition coefficient (Wildman–Crippen LogP) is 6.02. The van der Waals surface area contributed by atoms with Gasteiger partial charge in [-0.2, -0.15) is 0 Å². The molecule has 2 aromatic heterocycles. The van der Waals surface area contributed by atoms with Crippen LogP contribution in [0.4, 0.5) is 0 Å². The first-order valence-electron chi connectivity index (χ1n) is 7.63. The number of hydrogen-bond acceptors (Lipinski definition) is 5. The Bertz CT molecular complexity index is 1180. The van der Waals surface area contributed by atoms with Crippen LogP contribution >= 0.6 is 34.5 Å². The van der Waals surface area contributed by atoms with Gasteiger partial charge in [0.05, 0.1) is 23.4 Å².